The fraction of sp³-hybridized carbons (Fsp3) is 0.0238. The molecule has 1 aliphatic heterocycles. The Labute approximate surface area is 264 Å². The van der Waals surface area contributed by atoms with Crippen LogP contribution < -0.4 is 4.90 Å². The van der Waals surface area contributed by atoms with Gasteiger partial charge >= 0.3 is 0 Å². The van der Waals surface area contributed by atoms with Gasteiger partial charge in [-0.3, -0.25) is 4.90 Å². The van der Waals surface area contributed by atoms with Gasteiger partial charge in [0.1, 0.15) is 5.82 Å². The first-order valence-corrected chi connectivity index (χ1v) is 16.2. The number of para-hydroxylation sites is 1. The molecule has 10 rings (SSSR count). The first kappa shape index (κ1) is 24.9. The minimum absolute atomic E-state index is 0.964. The van der Waals surface area contributed by atoms with Gasteiger partial charge in [-0.15, -0.1) is 11.3 Å². The Morgan fingerprint density at radius 2 is 1.29 bits per heavy atom. The summed E-state index contributed by atoms with van der Waals surface area (Å²) >= 11 is 1.86. The van der Waals surface area contributed by atoms with E-state index >= 15 is 0 Å². The molecular formula is C42H26N2S. The highest BCUT2D eigenvalue weighted by molar-refractivity contribution is 7.25. The first-order chi connectivity index (χ1) is 22.2. The Hall–Kier alpha value is -5.51. The summed E-state index contributed by atoms with van der Waals surface area (Å²) in [5.74, 6) is 0.964. The molecule has 0 saturated heterocycles. The maximum Gasteiger partial charge on any atom is 0.146 e. The van der Waals surface area contributed by atoms with Crippen LogP contribution in [0.3, 0.4) is 0 Å². The second-order valence-electron chi connectivity index (χ2n) is 12.0. The summed E-state index contributed by atoms with van der Waals surface area (Å²) in [6, 6.07) is 50.9. The molecule has 0 spiro atoms. The third kappa shape index (κ3) is 3.47. The number of thiophene rings is 1. The lowest BCUT2D eigenvalue weighted by atomic mass is 9.88. The van der Waals surface area contributed by atoms with E-state index in [0.29, 0.717) is 0 Å². The van der Waals surface area contributed by atoms with Gasteiger partial charge in [0, 0.05) is 47.5 Å². The van der Waals surface area contributed by atoms with Crippen LogP contribution in [0.15, 0.2) is 140 Å². The van der Waals surface area contributed by atoms with Gasteiger partial charge < -0.3 is 0 Å². The number of aromatic nitrogens is 1. The summed E-state index contributed by atoms with van der Waals surface area (Å²) in [6.45, 7) is 2.26. The molecule has 3 heteroatoms. The van der Waals surface area contributed by atoms with E-state index in [4.69, 9.17) is 4.98 Å². The van der Waals surface area contributed by atoms with Crippen LogP contribution in [0.2, 0.25) is 0 Å². The third-order valence-electron chi connectivity index (χ3n) is 9.55. The van der Waals surface area contributed by atoms with Crippen LogP contribution in [0.1, 0.15) is 5.56 Å². The molecule has 210 valence electrons. The number of rotatable bonds is 2. The number of anilines is 3. The van der Waals surface area contributed by atoms with E-state index in [1.165, 1.54) is 86.3 Å². The van der Waals surface area contributed by atoms with Crippen molar-refractivity contribution >= 4 is 81.1 Å². The molecule has 0 amide bonds. The number of aryl methyl sites for hydroxylation is 1. The molecule has 0 atom stereocenters. The second-order valence-corrected chi connectivity index (χ2v) is 13.0. The summed E-state index contributed by atoms with van der Waals surface area (Å²) in [5.41, 5.74) is 9.45. The molecule has 0 N–H and O–H groups in total. The molecule has 2 nitrogen and oxygen atoms in total. The van der Waals surface area contributed by atoms with E-state index in [1.54, 1.807) is 0 Å². The van der Waals surface area contributed by atoms with E-state index in [9.17, 15) is 0 Å². The van der Waals surface area contributed by atoms with Crippen molar-refractivity contribution in [1.29, 1.82) is 0 Å². The Bertz CT molecular complexity index is 2680. The van der Waals surface area contributed by atoms with Gasteiger partial charge in [0.05, 0.1) is 16.9 Å². The fourth-order valence-electron chi connectivity index (χ4n) is 7.54. The molecule has 2 aromatic heterocycles. The largest absolute Gasteiger partial charge is 0.293 e. The lowest BCUT2D eigenvalue weighted by molar-refractivity contribution is 1.21. The van der Waals surface area contributed by atoms with Gasteiger partial charge in [0.2, 0.25) is 0 Å². The highest BCUT2D eigenvalue weighted by atomic mass is 32.1. The van der Waals surface area contributed by atoms with E-state index in [0.717, 1.165) is 11.3 Å². The van der Waals surface area contributed by atoms with Crippen LogP contribution in [-0.2, 0) is 0 Å². The zero-order chi connectivity index (χ0) is 29.6. The number of nitrogens with zero attached hydrogens (tertiary/aromatic N) is 2. The highest BCUT2D eigenvalue weighted by Crippen LogP contribution is 2.55. The van der Waals surface area contributed by atoms with Crippen molar-refractivity contribution in [1.82, 2.24) is 4.98 Å². The fourth-order valence-corrected chi connectivity index (χ4v) is 8.68. The van der Waals surface area contributed by atoms with Crippen molar-refractivity contribution < 1.29 is 0 Å². The van der Waals surface area contributed by atoms with Crippen molar-refractivity contribution in [2.45, 2.75) is 6.92 Å². The molecule has 3 heterocycles. The monoisotopic (exact) mass is 590 g/mol. The normalized spacial score (nSPS) is 12.5. The van der Waals surface area contributed by atoms with Crippen molar-refractivity contribution in [3.05, 3.63) is 145 Å². The molecule has 0 bridgehead atoms. The number of hydrogen-bond donors (Lipinski definition) is 0. The molecular weight excluding hydrogens is 565 g/mol. The van der Waals surface area contributed by atoms with Crippen LogP contribution in [-0.4, -0.2) is 4.98 Å². The van der Waals surface area contributed by atoms with Gasteiger partial charge in [0.25, 0.3) is 0 Å². The maximum atomic E-state index is 5.55. The Kier molecular flexibility index (Phi) is 5.11. The summed E-state index contributed by atoms with van der Waals surface area (Å²) < 4.78 is 2.61. The maximum absolute atomic E-state index is 5.55. The quantitative estimate of drug-likeness (QED) is 0.199. The van der Waals surface area contributed by atoms with Crippen LogP contribution >= 0.6 is 11.3 Å². The molecule has 0 saturated carbocycles. The molecule has 0 unspecified atom stereocenters. The number of fused-ring (bicyclic) bond motifs is 8. The minimum atomic E-state index is 0.964. The van der Waals surface area contributed by atoms with E-state index in [1.807, 2.05) is 11.3 Å². The third-order valence-corrected chi connectivity index (χ3v) is 10.7. The zero-order valence-corrected chi connectivity index (χ0v) is 25.4. The Morgan fingerprint density at radius 1 is 0.556 bits per heavy atom. The molecule has 0 aliphatic carbocycles. The Morgan fingerprint density at radius 3 is 2.20 bits per heavy atom. The van der Waals surface area contributed by atoms with Crippen molar-refractivity contribution in [2.24, 2.45) is 0 Å². The number of benzene rings is 7. The Balaban J connectivity index is 1.36. The average Bonchev–Trinajstić information content (AvgIpc) is 3.46. The minimum Gasteiger partial charge on any atom is -0.293 e. The van der Waals surface area contributed by atoms with Crippen molar-refractivity contribution in [3.63, 3.8) is 0 Å². The van der Waals surface area contributed by atoms with Crippen LogP contribution in [0.5, 0.6) is 0 Å². The lowest BCUT2D eigenvalue weighted by Gasteiger charge is -2.35. The molecule has 7 aromatic carbocycles. The molecule has 45 heavy (non-hydrogen) atoms. The molecule has 9 aromatic rings. The number of pyridine rings is 1. The van der Waals surface area contributed by atoms with Gasteiger partial charge in [0.15, 0.2) is 0 Å². The molecule has 0 fully saturated rings. The van der Waals surface area contributed by atoms with Crippen molar-refractivity contribution in [2.75, 3.05) is 4.90 Å². The predicted molar refractivity (Wildman–Crippen MR) is 193 cm³/mol. The lowest BCUT2D eigenvalue weighted by Crippen LogP contribution is -2.18. The smallest absolute Gasteiger partial charge is 0.146 e. The van der Waals surface area contributed by atoms with Crippen LogP contribution in [0, 0.1) is 6.92 Å². The van der Waals surface area contributed by atoms with E-state index < -0.39 is 0 Å². The van der Waals surface area contributed by atoms with Gasteiger partial charge in [-0.2, -0.15) is 0 Å². The van der Waals surface area contributed by atoms with Crippen LogP contribution in [0.4, 0.5) is 17.2 Å². The number of hydrogen-bond acceptors (Lipinski definition) is 3. The van der Waals surface area contributed by atoms with Gasteiger partial charge in [-0.25, -0.2) is 4.98 Å². The molecule has 0 radical (unpaired) electrons. The van der Waals surface area contributed by atoms with E-state index in [2.05, 4.69) is 151 Å². The van der Waals surface area contributed by atoms with E-state index in [-0.39, 0.29) is 0 Å². The molecule has 1 aliphatic rings. The second kappa shape index (κ2) is 9.25. The first-order valence-electron chi connectivity index (χ1n) is 15.4. The average molecular weight is 591 g/mol. The summed E-state index contributed by atoms with van der Waals surface area (Å²) in [4.78, 5) is 8.01. The standard InChI is InChI=1S/C42H26N2S/c1-25-29-13-4-6-17-35(29)43-42(39(25)28-21-22-32-31-15-5-7-19-37(31)45-38(32)24-28)44-36-18-9-12-27-11-8-16-33(40(27)36)34-23-20-26-10-2-3-14-30(26)41(34)44/h2-24H,1H3. The van der Waals surface area contributed by atoms with Gasteiger partial charge in [-0.1, -0.05) is 115 Å². The summed E-state index contributed by atoms with van der Waals surface area (Å²) in [5, 5.41) is 8.75. The van der Waals surface area contributed by atoms with Crippen molar-refractivity contribution in [3.8, 4) is 22.3 Å². The zero-order valence-electron chi connectivity index (χ0n) is 24.6. The summed E-state index contributed by atoms with van der Waals surface area (Å²) in [6.07, 6.45) is 0. The SMILES string of the molecule is Cc1c(-c2ccc3c(c2)sc2ccccc23)c(N2c3c(ccc4ccccc34)-c3cccc4cccc2c34)nc2ccccc12. The van der Waals surface area contributed by atoms with Crippen LogP contribution in [0.25, 0.3) is 74.9 Å². The summed E-state index contributed by atoms with van der Waals surface area (Å²) in [7, 11) is 0. The highest BCUT2D eigenvalue weighted by Gasteiger charge is 2.31. The van der Waals surface area contributed by atoms with Gasteiger partial charge in [-0.05, 0) is 58.7 Å². The topological polar surface area (TPSA) is 16.1 Å². The predicted octanol–water partition coefficient (Wildman–Crippen LogP) is 12.3.